The van der Waals surface area contributed by atoms with E-state index in [9.17, 15) is 0 Å². The van der Waals surface area contributed by atoms with Gasteiger partial charge < -0.3 is 5.73 Å². The van der Waals surface area contributed by atoms with E-state index in [0.29, 0.717) is 10.8 Å². The van der Waals surface area contributed by atoms with Crippen molar-refractivity contribution in [2.75, 3.05) is 6.54 Å². The Balaban J connectivity index is 1.93. The van der Waals surface area contributed by atoms with Crippen molar-refractivity contribution in [1.82, 2.24) is 0 Å². The molecule has 0 saturated heterocycles. The van der Waals surface area contributed by atoms with Crippen molar-refractivity contribution in [3.05, 3.63) is 33.8 Å². The van der Waals surface area contributed by atoms with E-state index in [1.54, 1.807) is 0 Å². The van der Waals surface area contributed by atoms with E-state index >= 15 is 0 Å². The minimum atomic E-state index is 0.307. The van der Waals surface area contributed by atoms with Crippen LogP contribution in [-0.4, -0.2) is 6.54 Å². The molecule has 0 aromatic heterocycles. The second-order valence-electron chi connectivity index (χ2n) is 5.14. The van der Waals surface area contributed by atoms with Crippen molar-refractivity contribution in [2.45, 2.75) is 24.7 Å². The smallest absolute Gasteiger partial charge is 0.0444 e. The maximum Gasteiger partial charge on any atom is 0.0444 e. The van der Waals surface area contributed by atoms with Crippen molar-refractivity contribution >= 4 is 23.2 Å². The molecule has 0 unspecified atom stereocenters. The molecule has 15 heavy (non-hydrogen) atoms. The summed E-state index contributed by atoms with van der Waals surface area (Å²) in [5, 5.41) is 1.63. The normalized spacial score (nSPS) is 37.0. The zero-order valence-corrected chi connectivity index (χ0v) is 9.91. The second kappa shape index (κ2) is 2.91. The van der Waals surface area contributed by atoms with Gasteiger partial charge >= 0.3 is 0 Å². The number of nitrogens with two attached hydrogens (primary N) is 1. The summed E-state index contributed by atoms with van der Waals surface area (Å²) in [4.78, 5) is 0. The zero-order valence-electron chi connectivity index (χ0n) is 8.39. The fraction of sp³-hybridized carbons (Fsp3) is 0.500. The predicted octanol–water partition coefficient (Wildman–Crippen LogP) is 3.37. The van der Waals surface area contributed by atoms with Crippen molar-refractivity contribution in [3.63, 3.8) is 0 Å². The standard InChI is InChI=1S/C12H13Cl2N/c13-8-1-2-10(14)9(3-8)12-4-11(5-12,6-12)7-15/h1-3H,4-7,15H2. The summed E-state index contributed by atoms with van der Waals surface area (Å²) in [6, 6.07) is 5.76. The van der Waals surface area contributed by atoms with Crippen molar-refractivity contribution in [1.29, 1.82) is 0 Å². The first kappa shape index (κ1) is 9.95. The lowest BCUT2D eigenvalue weighted by Gasteiger charge is -2.71. The Morgan fingerprint density at radius 2 is 1.87 bits per heavy atom. The minimum Gasteiger partial charge on any atom is -0.330 e. The molecule has 3 aliphatic carbocycles. The molecule has 80 valence electrons. The SMILES string of the molecule is NCC12CC(c3cc(Cl)ccc3Cl)(C1)C2. The van der Waals surface area contributed by atoms with Crippen LogP contribution in [0.5, 0.6) is 0 Å². The van der Waals surface area contributed by atoms with Gasteiger partial charge in [0.05, 0.1) is 0 Å². The Morgan fingerprint density at radius 3 is 2.47 bits per heavy atom. The summed E-state index contributed by atoms with van der Waals surface area (Å²) in [7, 11) is 0. The number of rotatable bonds is 2. The highest BCUT2D eigenvalue weighted by atomic mass is 35.5. The predicted molar refractivity (Wildman–Crippen MR) is 63.5 cm³/mol. The highest BCUT2D eigenvalue weighted by Crippen LogP contribution is 2.73. The largest absolute Gasteiger partial charge is 0.330 e. The Kier molecular flexibility index (Phi) is 1.93. The first-order valence-electron chi connectivity index (χ1n) is 5.25. The van der Waals surface area contributed by atoms with Crippen LogP contribution in [0.4, 0.5) is 0 Å². The van der Waals surface area contributed by atoms with E-state index in [4.69, 9.17) is 28.9 Å². The van der Waals surface area contributed by atoms with Gasteiger partial charge in [-0.2, -0.15) is 0 Å². The molecule has 2 bridgehead atoms. The molecule has 0 spiro atoms. The van der Waals surface area contributed by atoms with Crippen LogP contribution in [0.2, 0.25) is 10.0 Å². The molecular formula is C12H13Cl2N. The van der Waals surface area contributed by atoms with E-state index in [1.165, 1.54) is 24.8 Å². The van der Waals surface area contributed by atoms with E-state index in [2.05, 4.69) is 0 Å². The minimum absolute atomic E-state index is 0.307. The summed E-state index contributed by atoms with van der Waals surface area (Å²) >= 11 is 12.2. The average molecular weight is 242 g/mol. The third-order valence-corrected chi connectivity index (χ3v) is 4.64. The van der Waals surface area contributed by atoms with Gasteiger partial charge in [0, 0.05) is 10.0 Å². The third-order valence-electron chi connectivity index (χ3n) is 4.07. The Bertz CT molecular complexity index is 408. The van der Waals surface area contributed by atoms with E-state index in [1.807, 2.05) is 18.2 Å². The van der Waals surface area contributed by atoms with Gasteiger partial charge in [-0.1, -0.05) is 23.2 Å². The molecule has 1 aromatic carbocycles. The molecule has 3 heteroatoms. The summed E-state index contributed by atoms with van der Waals surface area (Å²) in [5.41, 5.74) is 7.72. The highest BCUT2D eigenvalue weighted by molar-refractivity contribution is 6.33. The molecule has 0 radical (unpaired) electrons. The fourth-order valence-electron chi connectivity index (χ4n) is 3.40. The second-order valence-corrected chi connectivity index (χ2v) is 5.98. The molecule has 3 fully saturated rings. The van der Waals surface area contributed by atoms with Crippen LogP contribution in [0.25, 0.3) is 0 Å². The Hall–Kier alpha value is -0.240. The fourth-order valence-corrected chi connectivity index (χ4v) is 3.89. The summed E-state index contributed by atoms with van der Waals surface area (Å²) in [6.07, 6.45) is 3.57. The van der Waals surface area contributed by atoms with Crippen LogP contribution >= 0.6 is 23.2 Å². The molecule has 0 heterocycles. The van der Waals surface area contributed by atoms with Crippen molar-refractivity contribution < 1.29 is 0 Å². The molecule has 0 aliphatic heterocycles. The van der Waals surface area contributed by atoms with E-state index < -0.39 is 0 Å². The van der Waals surface area contributed by atoms with Crippen LogP contribution in [0.3, 0.4) is 0 Å². The van der Waals surface area contributed by atoms with Crippen LogP contribution in [0, 0.1) is 5.41 Å². The van der Waals surface area contributed by atoms with Gasteiger partial charge in [-0.15, -0.1) is 0 Å². The summed E-state index contributed by atoms with van der Waals surface area (Å²) in [5.74, 6) is 0. The van der Waals surface area contributed by atoms with Crippen LogP contribution in [0.1, 0.15) is 24.8 Å². The zero-order chi connectivity index (χ0) is 10.7. The maximum atomic E-state index is 6.22. The lowest BCUT2D eigenvalue weighted by molar-refractivity contribution is -0.132. The average Bonchev–Trinajstić information content (AvgIpc) is 2.07. The molecule has 1 aromatic rings. The highest BCUT2D eigenvalue weighted by Gasteiger charge is 2.67. The van der Waals surface area contributed by atoms with Crippen LogP contribution in [0.15, 0.2) is 18.2 Å². The molecule has 3 aliphatic rings. The van der Waals surface area contributed by atoms with Crippen LogP contribution < -0.4 is 5.73 Å². The number of hydrogen-bond donors (Lipinski definition) is 1. The van der Waals surface area contributed by atoms with Gasteiger partial charge in [0.25, 0.3) is 0 Å². The topological polar surface area (TPSA) is 26.0 Å². The number of benzene rings is 1. The monoisotopic (exact) mass is 241 g/mol. The molecular weight excluding hydrogens is 229 g/mol. The molecule has 0 atom stereocenters. The molecule has 1 nitrogen and oxygen atoms in total. The lowest BCUT2D eigenvalue weighted by Crippen LogP contribution is -2.67. The van der Waals surface area contributed by atoms with Gasteiger partial charge in [-0.25, -0.2) is 0 Å². The van der Waals surface area contributed by atoms with E-state index in [-0.39, 0.29) is 0 Å². The third kappa shape index (κ3) is 1.20. The summed E-state index contributed by atoms with van der Waals surface area (Å²) in [6.45, 7) is 0.812. The summed E-state index contributed by atoms with van der Waals surface area (Å²) < 4.78 is 0. The Labute approximate surface area is 99.6 Å². The van der Waals surface area contributed by atoms with Crippen molar-refractivity contribution in [3.8, 4) is 0 Å². The molecule has 0 amide bonds. The van der Waals surface area contributed by atoms with Gasteiger partial charge in [-0.3, -0.25) is 0 Å². The lowest BCUT2D eigenvalue weighted by atomic mass is 9.33. The van der Waals surface area contributed by atoms with Gasteiger partial charge in [0.15, 0.2) is 0 Å². The first-order valence-corrected chi connectivity index (χ1v) is 6.01. The first-order chi connectivity index (χ1) is 7.09. The van der Waals surface area contributed by atoms with Gasteiger partial charge in [0.1, 0.15) is 0 Å². The number of hydrogen-bond acceptors (Lipinski definition) is 1. The molecule has 3 saturated carbocycles. The van der Waals surface area contributed by atoms with Gasteiger partial charge in [-0.05, 0) is 60.4 Å². The number of halogens is 2. The van der Waals surface area contributed by atoms with Crippen LogP contribution in [-0.2, 0) is 5.41 Å². The van der Waals surface area contributed by atoms with Crippen molar-refractivity contribution in [2.24, 2.45) is 11.1 Å². The Morgan fingerprint density at radius 1 is 1.20 bits per heavy atom. The molecule has 4 rings (SSSR count). The van der Waals surface area contributed by atoms with E-state index in [0.717, 1.165) is 16.6 Å². The van der Waals surface area contributed by atoms with Gasteiger partial charge in [0.2, 0.25) is 0 Å². The molecule has 2 N–H and O–H groups in total. The maximum absolute atomic E-state index is 6.22. The quantitative estimate of drug-likeness (QED) is 0.845.